The summed E-state index contributed by atoms with van der Waals surface area (Å²) in [5.41, 5.74) is 2.75. The smallest absolute Gasteiger partial charge is 0.123 e. The van der Waals surface area contributed by atoms with Gasteiger partial charge in [-0.3, -0.25) is 0 Å². The molecule has 0 saturated heterocycles. The van der Waals surface area contributed by atoms with Crippen LogP contribution in [-0.4, -0.2) is 12.2 Å². The highest BCUT2D eigenvalue weighted by Crippen LogP contribution is 2.26. The molecular formula is C16H18ClNO2. The number of para-hydroxylation sites is 1. The predicted molar refractivity (Wildman–Crippen MR) is 82.4 cm³/mol. The summed E-state index contributed by atoms with van der Waals surface area (Å²) in [5, 5.41) is 13.7. The van der Waals surface area contributed by atoms with E-state index in [1.165, 1.54) is 0 Å². The van der Waals surface area contributed by atoms with Gasteiger partial charge >= 0.3 is 0 Å². The van der Waals surface area contributed by atoms with Crippen LogP contribution in [0.2, 0.25) is 5.02 Å². The first-order valence-electron chi connectivity index (χ1n) is 6.45. The van der Waals surface area contributed by atoms with Crippen molar-refractivity contribution in [1.29, 1.82) is 0 Å². The lowest BCUT2D eigenvalue weighted by Gasteiger charge is -2.15. The maximum absolute atomic E-state index is 9.76. The molecule has 1 atom stereocenters. The molecule has 0 spiro atoms. The van der Waals surface area contributed by atoms with Gasteiger partial charge < -0.3 is 15.2 Å². The number of hydrogen-bond donors (Lipinski definition) is 2. The Morgan fingerprint density at radius 2 is 2.00 bits per heavy atom. The zero-order valence-corrected chi connectivity index (χ0v) is 12.3. The Morgan fingerprint density at radius 3 is 2.70 bits per heavy atom. The first kappa shape index (κ1) is 14.7. The quantitative estimate of drug-likeness (QED) is 0.874. The van der Waals surface area contributed by atoms with Gasteiger partial charge in [-0.2, -0.15) is 0 Å². The number of hydrogen-bond acceptors (Lipinski definition) is 3. The van der Waals surface area contributed by atoms with Crippen molar-refractivity contribution in [2.45, 2.75) is 19.6 Å². The Bertz CT molecular complexity index is 584. The van der Waals surface area contributed by atoms with Crippen molar-refractivity contribution in [3.05, 3.63) is 58.6 Å². The highest BCUT2D eigenvalue weighted by atomic mass is 35.5. The third-order valence-electron chi connectivity index (χ3n) is 3.12. The van der Waals surface area contributed by atoms with Crippen molar-refractivity contribution in [2.75, 3.05) is 12.4 Å². The van der Waals surface area contributed by atoms with Crippen LogP contribution in [0.25, 0.3) is 0 Å². The number of nitrogens with one attached hydrogen (secondary N) is 1. The second-order valence-corrected chi connectivity index (χ2v) is 5.01. The maximum Gasteiger partial charge on any atom is 0.123 e. The first-order valence-corrected chi connectivity index (χ1v) is 6.83. The lowest BCUT2D eigenvalue weighted by molar-refractivity contribution is 0.200. The minimum atomic E-state index is -0.514. The largest absolute Gasteiger partial charge is 0.496 e. The second-order valence-electron chi connectivity index (χ2n) is 4.57. The number of benzene rings is 2. The van der Waals surface area contributed by atoms with Gasteiger partial charge in [0.25, 0.3) is 0 Å². The van der Waals surface area contributed by atoms with E-state index in [1.807, 2.05) is 36.4 Å². The van der Waals surface area contributed by atoms with Crippen molar-refractivity contribution in [2.24, 2.45) is 0 Å². The molecule has 1 unspecified atom stereocenters. The van der Waals surface area contributed by atoms with Gasteiger partial charge in [-0.15, -0.1) is 0 Å². The molecule has 0 aromatic heterocycles. The molecule has 0 bridgehead atoms. The summed E-state index contributed by atoms with van der Waals surface area (Å²) in [4.78, 5) is 0. The van der Waals surface area contributed by atoms with E-state index in [0.29, 0.717) is 11.6 Å². The van der Waals surface area contributed by atoms with Crippen LogP contribution in [0.3, 0.4) is 0 Å². The Morgan fingerprint density at radius 1 is 1.25 bits per heavy atom. The molecule has 0 fully saturated rings. The third-order valence-corrected chi connectivity index (χ3v) is 3.36. The summed E-state index contributed by atoms with van der Waals surface area (Å²) in [6.45, 7) is 2.33. The fourth-order valence-electron chi connectivity index (χ4n) is 2.10. The predicted octanol–water partition coefficient (Wildman–Crippen LogP) is 4.01. The minimum Gasteiger partial charge on any atom is -0.496 e. The van der Waals surface area contributed by atoms with Gasteiger partial charge in [0.1, 0.15) is 5.75 Å². The number of methoxy groups -OCH3 is 1. The van der Waals surface area contributed by atoms with Crippen molar-refractivity contribution >= 4 is 17.3 Å². The van der Waals surface area contributed by atoms with Gasteiger partial charge in [-0.1, -0.05) is 29.8 Å². The first-order chi connectivity index (χ1) is 9.61. The molecule has 2 rings (SSSR count). The number of anilines is 1. The Balaban J connectivity index is 2.19. The average Bonchev–Trinajstić information content (AvgIpc) is 2.45. The number of aliphatic hydroxyl groups excluding tert-OH is 1. The summed E-state index contributed by atoms with van der Waals surface area (Å²) in [6.07, 6.45) is -0.514. The second kappa shape index (κ2) is 6.64. The average molecular weight is 292 g/mol. The molecule has 2 aromatic carbocycles. The summed E-state index contributed by atoms with van der Waals surface area (Å²) >= 11 is 6.01. The Labute approximate surface area is 124 Å². The summed E-state index contributed by atoms with van der Waals surface area (Å²) in [7, 11) is 1.64. The van der Waals surface area contributed by atoms with Gasteiger partial charge in [0.15, 0.2) is 0 Å². The van der Waals surface area contributed by atoms with Crippen molar-refractivity contribution in [3.8, 4) is 5.75 Å². The van der Waals surface area contributed by atoms with Crippen LogP contribution in [-0.2, 0) is 6.54 Å². The molecule has 3 nitrogen and oxygen atoms in total. The molecule has 0 radical (unpaired) electrons. The van der Waals surface area contributed by atoms with Gasteiger partial charge in [-0.25, -0.2) is 0 Å². The van der Waals surface area contributed by atoms with Crippen molar-refractivity contribution in [3.63, 3.8) is 0 Å². The number of halogens is 1. The summed E-state index contributed by atoms with van der Waals surface area (Å²) in [5.74, 6) is 0.788. The van der Waals surface area contributed by atoms with E-state index in [4.69, 9.17) is 16.3 Å². The highest BCUT2D eigenvalue weighted by Gasteiger charge is 2.08. The van der Waals surface area contributed by atoms with Gasteiger partial charge in [0.2, 0.25) is 0 Å². The molecule has 0 saturated carbocycles. The fraction of sp³-hybridized carbons (Fsp3) is 0.250. The number of aliphatic hydroxyl groups is 1. The van der Waals surface area contributed by atoms with Crippen LogP contribution in [0.1, 0.15) is 24.2 Å². The van der Waals surface area contributed by atoms with E-state index in [9.17, 15) is 5.11 Å². The van der Waals surface area contributed by atoms with Crippen LogP contribution in [0.15, 0.2) is 42.5 Å². The fourth-order valence-corrected chi connectivity index (χ4v) is 2.29. The van der Waals surface area contributed by atoms with E-state index in [0.717, 1.165) is 22.6 Å². The SMILES string of the molecule is COc1ccc(Cl)cc1CNc1ccccc1C(C)O. The molecule has 0 aliphatic carbocycles. The number of rotatable bonds is 5. The van der Waals surface area contributed by atoms with E-state index >= 15 is 0 Å². The van der Waals surface area contributed by atoms with Gasteiger partial charge in [-0.05, 0) is 31.2 Å². The summed E-state index contributed by atoms with van der Waals surface area (Å²) < 4.78 is 5.32. The van der Waals surface area contributed by atoms with Crippen LogP contribution in [0.5, 0.6) is 5.75 Å². The van der Waals surface area contributed by atoms with Crippen molar-refractivity contribution in [1.82, 2.24) is 0 Å². The zero-order chi connectivity index (χ0) is 14.5. The lowest BCUT2D eigenvalue weighted by Crippen LogP contribution is -2.05. The highest BCUT2D eigenvalue weighted by molar-refractivity contribution is 6.30. The van der Waals surface area contributed by atoms with Crippen LogP contribution in [0.4, 0.5) is 5.69 Å². The standard InChI is InChI=1S/C16H18ClNO2/c1-11(19)14-5-3-4-6-15(14)18-10-12-9-13(17)7-8-16(12)20-2/h3-9,11,18-19H,10H2,1-2H3. The summed E-state index contributed by atoms with van der Waals surface area (Å²) in [6, 6.07) is 13.2. The third kappa shape index (κ3) is 3.44. The minimum absolute atomic E-state index is 0.514. The van der Waals surface area contributed by atoms with Crippen LogP contribution >= 0.6 is 11.6 Å². The normalized spacial score (nSPS) is 12.0. The van der Waals surface area contributed by atoms with E-state index in [1.54, 1.807) is 20.1 Å². The number of ether oxygens (including phenoxy) is 1. The molecular weight excluding hydrogens is 274 g/mol. The van der Waals surface area contributed by atoms with E-state index < -0.39 is 6.10 Å². The molecule has 0 amide bonds. The molecule has 2 N–H and O–H groups in total. The van der Waals surface area contributed by atoms with Crippen LogP contribution in [0, 0.1) is 0 Å². The van der Waals surface area contributed by atoms with Crippen LogP contribution < -0.4 is 10.1 Å². The van der Waals surface area contributed by atoms with Gasteiger partial charge in [0, 0.05) is 28.4 Å². The zero-order valence-electron chi connectivity index (χ0n) is 11.6. The lowest BCUT2D eigenvalue weighted by atomic mass is 10.1. The maximum atomic E-state index is 9.76. The van der Waals surface area contributed by atoms with E-state index in [2.05, 4.69) is 5.32 Å². The molecule has 0 heterocycles. The van der Waals surface area contributed by atoms with Gasteiger partial charge in [0.05, 0.1) is 13.2 Å². The molecule has 2 aromatic rings. The topological polar surface area (TPSA) is 41.5 Å². The molecule has 0 aliphatic heterocycles. The molecule has 4 heteroatoms. The molecule has 0 aliphatic rings. The molecule has 20 heavy (non-hydrogen) atoms. The monoisotopic (exact) mass is 291 g/mol. The van der Waals surface area contributed by atoms with Crippen molar-refractivity contribution < 1.29 is 9.84 Å². The molecule has 106 valence electrons. The Hall–Kier alpha value is -1.71. The Kier molecular flexibility index (Phi) is 4.88. The van der Waals surface area contributed by atoms with E-state index in [-0.39, 0.29) is 0 Å².